The molecule has 0 fully saturated rings. The third kappa shape index (κ3) is 3.44. The van der Waals surface area contributed by atoms with Crippen molar-refractivity contribution in [1.82, 2.24) is 24.3 Å². The van der Waals surface area contributed by atoms with Crippen molar-refractivity contribution in [2.75, 3.05) is 5.32 Å². The molecule has 0 aliphatic rings. The van der Waals surface area contributed by atoms with Crippen LogP contribution in [-0.4, -0.2) is 30.2 Å². The summed E-state index contributed by atoms with van der Waals surface area (Å²) in [6, 6.07) is 17.3. The van der Waals surface area contributed by atoms with Crippen molar-refractivity contribution in [3.8, 4) is 11.5 Å². The zero-order valence-electron chi connectivity index (χ0n) is 16.5. The van der Waals surface area contributed by atoms with E-state index >= 15 is 0 Å². The van der Waals surface area contributed by atoms with E-state index in [-0.39, 0.29) is 11.7 Å². The van der Waals surface area contributed by atoms with E-state index in [9.17, 15) is 9.18 Å². The predicted octanol–water partition coefficient (Wildman–Crippen LogP) is 4.31. The first-order valence-electron chi connectivity index (χ1n) is 9.60. The number of fused-ring (bicyclic) bond motifs is 1. The molecule has 0 aliphatic heterocycles. The van der Waals surface area contributed by atoms with Crippen LogP contribution < -0.4 is 5.32 Å². The van der Waals surface area contributed by atoms with Gasteiger partial charge in [0.05, 0.1) is 46.1 Å². The Bertz CT molecular complexity index is 1390. The van der Waals surface area contributed by atoms with Gasteiger partial charge in [0, 0.05) is 0 Å². The van der Waals surface area contributed by atoms with Gasteiger partial charge in [-0.3, -0.25) is 9.36 Å². The second-order valence-electron chi connectivity index (χ2n) is 6.99. The molecule has 152 valence electrons. The van der Waals surface area contributed by atoms with Crippen molar-refractivity contribution >= 4 is 22.6 Å². The number of carbonyl (C=O) groups is 1. The maximum absolute atomic E-state index is 13.2. The standard InChI is InChI=1S/C23H17FN6O/c1-15-19(13-27-30(15)18-9-6-16(24)7-10-18)23(31)28-17-8-11-22(25-12-17)29-14-26-20-4-2-3-5-21(20)29/h2-14H,1H3,(H,28,31). The highest BCUT2D eigenvalue weighted by Gasteiger charge is 2.16. The Balaban J connectivity index is 1.36. The number of rotatable bonds is 4. The SMILES string of the molecule is Cc1c(C(=O)Nc2ccc(-n3cnc4ccccc43)nc2)cnn1-c1ccc(F)cc1. The minimum Gasteiger partial charge on any atom is -0.320 e. The van der Waals surface area contributed by atoms with E-state index in [0.29, 0.717) is 28.5 Å². The summed E-state index contributed by atoms with van der Waals surface area (Å²) < 4.78 is 16.7. The lowest BCUT2D eigenvalue weighted by molar-refractivity contribution is 0.102. The van der Waals surface area contributed by atoms with E-state index in [4.69, 9.17) is 0 Å². The molecule has 7 nitrogen and oxygen atoms in total. The van der Waals surface area contributed by atoms with Crippen LogP contribution in [-0.2, 0) is 0 Å². The minimum atomic E-state index is -0.328. The summed E-state index contributed by atoms with van der Waals surface area (Å²) in [5.41, 5.74) is 4.15. The molecule has 3 heterocycles. The molecule has 0 atom stereocenters. The van der Waals surface area contributed by atoms with Crippen LogP contribution in [0.1, 0.15) is 16.1 Å². The molecular formula is C23H17FN6O. The fourth-order valence-electron chi connectivity index (χ4n) is 3.42. The number of para-hydroxylation sites is 2. The van der Waals surface area contributed by atoms with Crippen molar-refractivity contribution < 1.29 is 9.18 Å². The Kier molecular flexibility index (Phi) is 4.51. The molecule has 2 aromatic carbocycles. The summed E-state index contributed by atoms with van der Waals surface area (Å²) in [5, 5.41) is 7.11. The average molecular weight is 412 g/mol. The summed E-state index contributed by atoms with van der Waals surface area (Å²) >= 11 is 0. The van der Waals surface area contributed by atoms with Crippen LogP contribution in [0.25, 0.3) is 22.5 Å². The number of amides is 1. The van der Waals surface area contributed by atoms with Crippen LogP contribution >= 0.6 is 0 Å². The van der Waals surface area contributed by atoms with Crippen LogP contribution in [0, 0.1) is 12.7 Å². The van der Waals surface area contributed by atoms with Crippen LogP contribution in [0.2, 0.25) is 0 Å². The van der Waals surface area contributed by atoms with Crippen LogP contribution in [0.3, 0.4) is 0 Å². The molecule has 3 aromatic heterocycles. The number of hydrogen-bond donors (Lipinski definition) is 1. The molecule has 31 heavy (non-hydrogen) atoms. The molecule has 5 aromatic rings. The van der Waals surface area contributed by atoms with Gasteiger partial charge in [-0.25, -0.2) is 19.0 Å². The van der Waals surface area contributed by atoms with Gasteiger partial charge in [0.15, 0.2) is 0 Å². The lowest BCUT2D eigenvalue weighted by Crippen LogP contribution is -2.13. The van der Waals surface area contributed by atoms with E-state index in [1.807, 2.05) is 34.9 Å². The monoisotopic (exact) mass is 412 g/mol. The Hall–Kier alpha value is -4.33. The van der Waals surface area contributed by atoms with Gasteiger partial charge in [-0.1, -0.05) is 12.1 Å². The molecule has 0 bridgehead atoms. The first-order chi connectivity index (χ1) is 15.1. The van der Waals surface area contributed by atoms with E-state index in [2.05, 4.69) is 20.4 Å². The molecular weight excluding hydrogens is 395 g/mol. The quantitative estimate of drug-likeness (QED) is 0.477. The number of aromatic nitrogens is 5. The number of pyridine rings is 1. The zero-order chi connectivity index (χ0) is 21.4. The summed E-state index contributed by atoms with van der Waals surface area (Å²) in [5.74, 6) is 0.0756. The fraction of sp³-hybridized carbons (Fsp3) is 0.0435. The second-order valence-corrected chi connectivity index (χ2v) is 6.99. The van der Waals surface area contributed by atoms with Crippen molar-refractivity contribution in [3.05, 3.63) is 96.5 Å². The van der Waals surface area contributed by atoms with E-state index in [1.165, 1.54) is 18.3 Å². The number of hydrogen-bond acceptors (Lipinski definition) is 4. The van der Waals surface area contributed by atoms with Gasteiger partial charge in [-0.2, -0.15) is 5.10 Å². The normalized spacial score (nSPS) is 11.0. The molecule has 0 unspecified atom stereocenters. The average Bonchev–Trinajstić information content (AvgIpc) is 3.39. The maximum Gasteiger partial charge on any atom is 0.259 e. The fourth-order valence-corrected chi connectivity index (χ4v) is 3.42. The molecule has 0 saturated carbocycles. The molecule has 0 saturated heterocycles. The molecule has 1 amide bonds. The first-order valence-corrected chi connectivity index (χ1v) is 9.60. The summed E-state index contributed by atoms with van der Waals surface area (Å²) in [6.07, 6.45) is 4.81. The number of anilines is 1. The minimum absolute atomic E-state index is 0.298. The topological polar surface area (TPSA) is 77.6 Å². The second kappa shape index (κ2) is 7.49. The number of imidazole rings is 1. The lowest BCUT2D eigenvalue weighted by Gasteiger charge is -2.08. The lowest BCUT2D eigenvalue weighted by atomic mass is 10.2. The van der Waals surface area contributed by atoms with Crippen molar-refractivity contribution in [3.63, 3.8) is 0 Å². The third-order valence-corrected chi connectivity index (χ3v) is 5.03. The van der Waals surface area contributed by atoms with Gasteiger partial charge in [0.2, 0.25) is 0 Å². The van der Waals surface area contributed by atoms with Crippen molar-refractivity contribution in [2.24, 2.45) is 0 Å². The molecule has 8 heteroatoms. The van der Waals surface area contributed by atoms with Crippen molar-refractivity contribution in [1.29, 1.82) is 0 Å². The van der Waals surface area contributed by atoms with Gasteiger partial charge in [-0.05, 0) is 55.5 Å². The summed E-state index contributed by atoms with van der Waals surface area (Å²) in [6.45, 7) is 1.79. The number of nitrogens with zero attached hydrogens (tertiary/aromatic N) is 5. The highest BCUT2D eigenvalue weighted by atomic mass is 19.1. The smallest absolute Gasteiger partial charge is 0.259 e. The predicted molar refractivity (Wildman–Crippen MR) is 115 cm³/mol. The van der Waals surface area contributed by atoms with Gasteiger partial charge < -0.3 is 5.32 Å². The Labute approximate surface area is 176 Å². The highest BCUT2D eigenvalue weighted by molar-refractivity contribution is 6.04. The largest absolute Gasteiger partial charge is 0.320 e. The van der Waals surface area contributed by atoms with E-state index < -0.39 is 0 Å². The summed E-state index contributed by atoms with van der Waals surface area (Å²) in [7, 11) is 0. The number of carbonyl (C=O) groups excluding carboxylic acids is 1. The van der Waals surface area contributed by atoms with Crippen LogP contribution in [0.15, 0.2) is 79.4 Å². The molecule has 1 N–H and O–H groups in total. The zero-order valence-corrected chi connectivity index (χ0v) is 16.5. The van der Waals surface area contributed by atoms with Gasteiger partial charge in [-0.15, -0.1) is 0 Å². The Morgan fingerprint density at radius 1 is 0.968 bits per heavy atom. The van der Waals surface area contributed by atoms with E-state index in [1.54, 1.807) is 42.3 Å². The number of halogens is 1. The molecule has 5 rings (SSSR count). The Morgan fingerprint density at radius 3 is 2.55 bits per heavy atom. The Morgan fingerprint density at radius 2 is 1.77 bits per heavy atom. The van der Waals surface area contributed by atoms with Crippen LogP contribution in [0.5, 0.6) is 0 Å². The maximum atomic E-state index is 13.2. The van der Waals surface area contributed by atoms with E-state index in [0.717, 1.165) is 11.0 Å². The number of nitrogens with one attached hydrogen (secondary N) is 1. The van der Waals surface area contributed by atoms with Crippen LogP contribution in [0.4, 0.5) is 10.1 Å². The molecule has 0 spiro atoms. The summed E-state index contributed by atoms with van der Waals surface area (Å²) in [4.78, 5) is 21.6. The first kappa shape index (κ1) is 18.7. The van der Waals surface area contributed by atoms with Gasteiger partial charge in [0.1, 0.15) is 18.0 Å². The third-order valence-electron chi connectivity index (χ3n) is 5.03. The van der Waals surface area contributed by atoms with Gasteiger partial charge >= 0.3 is 0 Å². The van der Waals surface area contributed by atoms with Gasteiger partial charge in [0.25, 0.3) is 5.91 Å². The molecule has 0 aliphatic carbocycles. The highest BCUT2D eigenvalue weighted by Crippen LogP contribution is 2.19. The molecule has 0 radical (unpaired) electrons. The number of benzene rings is 2. The van der Waals surface area contributed by atoms with Crippen molar-refractivity contribution in [2.45, 2.75) is 6.92 Å².